The first kappa shape index (κ1) is 12.2. The van der Waals surface area contributed by atoms with E-state index in [-0.39, 0.29) is 6.10 Å². The molecule has 0 spiro atoms. The third-order valence-corrected chi connectivity index (χ3v) is 2.77. The number of rotatable bonds is 3. The Morgan fingerprint density at radius 2 is 2.35 bits per heavy atom. The van der Waals surface area contributed by atoms with Crippen molar-refractivity contribution in [3.8, 4) is 5.75 Å². The molecule has 0 N–H and O–H groups in total. The van der Waals surface area contributed by atoms with E-state index in [2.05, 4.69) is 4.74 Å². The molecule has 0 saturated carbocycles. The zero-order valence-electron chi connectivity index (χ0n) is 9.44. The standard InChI is InChI=1S/C12H13ClO4/c1-15-12(14)10-3-2-8(13)6-11(10)17-9-4-5-16-7-9/h2-3,6,9H,4-5,7H2,1H3/t9-/m1/s1. The summed E-state index contributed by atoms with van der Waals surface area (Å²) >= 11 is 5.89. The van der Waals surface area contributed by atoms with Crippen LogP contribution in [0, 0.1) is 0 Å². The minimum absolute atomic E-state index is 0.0307. The summed E-state index contributed by atoms with van der Waals surface area (Å²) in [6, 6.07) is 4.84. The summed E-state index contributed by atoms with van der Waals surface area (Å²) in [6.45, 7) is 1.21. The van der Waals surface area contributed by atoms with Gasteiger partial charge < -0.3 is 14.2 Å². The Labute approximate surface area is 104 Å². The van der Waals surface area contributed by atoms with Gasteiger partial charge in [-0.25, -0.2) is 4.79 Å². The molecule has 1 aromatic carbocycles. The molecule has 1 atom stereocenters. The van der Waals surface area contributed by atoms with Crippen LogP contribution in [-0.2, 0) is 9.47 Å². The summed E-state index contributed by atoms with van der Waals surface area (Å²) in [4.78, 5) is 11.5. The second-order valence-electron chi connectivity index (χ2n) is 3.74. The topological polar surface area (TPSA) is 44.8 Å². The molecule has 17 heavy (non-hydrogen) atoms. The van der Waals surface area contributed by atoms with Crippen LogP contribution >= 0.6 is 11.6 Å². The molecule has 0 unspecified atom stereocenters. The second-order valence-corrected chi connectivity index (χ2v) is 4.17. The number of carbonyl (C=O) groups is 1. The maximum Gasteiger partial charge on any atom is 0.341 e. The van der Waals surface area contributed by atoms with E-state index in [1.165, 1.54) is 7.11 Å². The van der Waals surface area contributed by atoms with E-state index in [1.54, 1.807) is 18.2 Å². The molecule has 0 amide bonds. The monoisotopic (exact) mass is 256 g/mol. The van der Waals surface area contributed by atoms with Crippen LogP contribution in [-0.4, -0.2) is 32.4 Å². The molecule has 1 heterocycles. The van der Waals surface area contributed by atoms with Crippen molar-refractivity contribution in [3.05, 3.63) is 28.8 Å². The van der Waals surface area contributed by atoms with Crippen LogP contribution in [0.1, 0.15) is 16.8 Å². The van der Waals surface area contributed by atoms with Crippen molar-refractivity contribution >= 4 is 17.6 Å². The van der Waals surface area contributed by atoms with Crippen molar-refractivity contribution in [2.45, 2.75) is 12.5 Å². The third kappa shape index (κ3) is 2.90. The lowest BCUT2D eigenvalue weighted by Gasteiger charge is -2.14. The van der Waals surface area contributed by atoms with Crippen LogP contribution in [0.3, 0.4) is 0 Å². The van der Waals surface area contributed by atoms with Gasteiger partial charge in [0.2, 0.25) is 0 Å². The number of benzene rings is 1. The summed E-state index contributed by atoms with van der Waals surface area (Å²) in [5, 5.41) is 0.520. The van der Waals surface area contributed by atoms with Gasteiger partial charge >= 0.3 is 5.97 Å². The van der Waals surface area contributed by atoms with E-state index in [0.717, 1.165) is 6.42 Å². The summed E-state index contributed by atoms with van der Waals surface area (Å²) in [5.41, 5.74) is 0.379. The maximum absolute atomic E-state index is 11.5. The Hall–Kier alpha value is -1.26. The molecular weight excluding hydrogens is 244 g/mol. The lowest BCUT2D eigenvalue weighted by atomic mass is 10.2. The van der Waals surface area contributed by atoms with Gasteiger partial charge in [-0.3, -0.25) is 0 Å². The predicted octanol–water partition coefficient (Wildman–Crippen LogP) is 2.29. The largest absolute Gasteiger partial charge is 0.487 e. The van der Waals surface area contributed by atoms with Crippen molar-refractivity contribution in [2.75, 3.05) is 20.3 Å². The number of esters is 1. The normalized spacial score (nSPS) is 19.1. The molecule has 0 aromatic heterocycles. The van der Waals surface area contributed by atoms with Crippen LogP contribution in [0.5, 0.6) is 5.75 Å². The molecule has 2 rings (SSSR count). The van der Waals surface area contributed by atoms with E-state index in [4.69, 9.17) is 21.1 Å². The summed E-state index contributed by atoms with van der Waals surface area (Å²) in [7, 11) is 1.33. The summed E-state index contributed by atoms with van der Waals surface area (Å²) < 4.78 is 15.6. The highest BCUT2D eigenvalue weighted by Gasteiger charge is 2.21. The molecule has 1 fully saturated rings. The highest BCUT2D eigenvalue weighted by molar-refractivity contribution is 6.30. The van der Waals surface area contributed by atoms with Gasteiger partial charge in [-0.15, -0.1) is 0 Å². The Morgan fingerprint density at radius 1 is 1.53 bits per heavy atom. The van der Waals surface area contributed by atoms with Gasteiger partial charge in [0.1, 0.15) is 17.4 Å². The van der Waals surface area contributed by atoms with Gasteiger partial charge in [0.05, 0.1) is 20.3 Å². The fourth-order valence-electron chi connectivity index (χ4n) is 1.66. The number of methoxy groups -OCH3 is 1. The van der Waals surface area contributed by atoms with Crippen molar-refractivity contribution in [1.82, 2.24) is 0 Å². The first-order valence-electron chi connectivity index (χ1n) is 5.33. The smallest absolute Gasteiger partial charge is 0.341 e. The number of halogens is 1. The number of hydrogen-bond acceptors (Lipinski definition) is 4. The van der Waals surface area contributed by atoms with Gasteiger partial charge in [0.15, 0.2) is 0 Å². The SMILES string of the molecule is COC(=O)c1ccc(Cl)cc1O[C@@H]1CCOC1. The first-order valence-corrected chi connectivity index (χ1v) is 5.71. The molecule has 5 heteroatoms. The Morgan fingerprint density at radius 3 is 3.00 bits per heavy atom. The van der Waals surface area contributed by atoms with Crippen molar-refractivity contribution in [1.29, 1.82) is 0 Å². The average Bonchev–Trinajstić information content (AvgIpc) is 2.81. The Bertz CT molecular complexity index is 413. The van der Waals surface area contributed by atoms with E-state index in [1.807, 2.05) is 0 Å². The minimum Gasteiger partial charge on any atom is -0.487 e. The lowest BCUT2D eigenvalue weighted by molar-refractivity contribution is 0.0591. The second kappa shape index (κ2) is 5.38. The van der Waals surface area contributed by atoms with Gasteiger partial charge in [0, 0.05) is 11.4 Å². The number of carbonyl (C=O) groups excluding carboxylic acids is 1. The van der Waals surface area contributed by atoms with Gasteiger partial charge in [-0.05, 0) is 18.2 Å². The van der Waals surface area contributed by atoms with Crippen LogP contribution in [0.15, 0.2) is 18.2 Å². The van der Waals surface area contributed by atoms with E-state index in [9.17, 15) is 4.79 Å². The van der Waals surface area contributed by atoms with Crippen LogP contribution in [0.25, 0.3) is 0 Å². The molecule has 1 aliphatic heterocycles. The summed E-state index contributed by atoms with van der Waals surface area (Å²) in [5.74, 6) is 0.00966. The molecule has 1 saturated heterocycles. The van der Waals surface area contributed by atoms with Gasteiger partial charge in [0.25, 0.3) is 0 Å². The molecule has 1 aliphatic rings. The first-order chi connectivity index (χ1) is 8.20. The van der Waals surface area contributed by atoms with Crippen molar-refractivity contribution in [2.24, 2.45) is 0 Å². The fraction of sp³-hybridized carbons (Fsp3) is 0.417. The molecule has 4 nitrogen and oxygen atoms in total. The average molecular weight is 257 g/mol. The van der Waals surface area contributed by atoms with E-state index < -0.39 is 5.97 Å². The highest BCUT2D eigenvalue weighted by atomic mass is 35.5. The molecule has 0 radical (unpaired) electrons. The van der Waals surface area contributed by atoms with E-state index >= 15 is 0 Å². The third-order valence-electron chi connectivity index (χ3n) is 2.53. The van der Waals surface area contributed by atoms with Gasteiger partial charge in [-0.1, -0.05) is 11.6 Å². The van der Waals surface area contributed by atoms with Gasteiger partial charge in [-0.2, -0.15) is 0 Å². The number of hydrogen-bond donors (Lipinski definition) is 0. The van der Waals surface area contributed by atoms with Crippen LogP contribution in [0.2, 0.25) is 5.02 Å². The highest BCUT2D eigenvalue weighted by Crippen LogP contribution is 2.26. The van der Waals surface area contributed by atoms with Crippen molar-refractivity contribution in [3.63, 3.8) is 0 Å². The quantitative estimate of drug-likeness (QED) is 0.779. The Balaban J connectivity index is 2.22. The molecule has 1 aromatic rings. The Kier molecular flexibility index (Phi) is 3.86. The zero-order valence-corrected chi connectivity index (χ0v) is 10.2. The summed E-state index contributed by atoms with van der Waals surface area (Å²) in [6.07, 6.45) is 0.782. The predicted molar refractivity (Wildman–Crippen MR) is 62.6 cm³/mol. The van der Waals surface area contributed by atoms with E-state index in [0.29, 0.717) is 29.5 Å². The molecular formula is C12H13ClO4. The molecule has 92 valence electrons. The zero-order chi connectivity index (χ0) is 12.3. The molecule has 0 aliphatic carbocycles. The minimum atomic E-state index is -0.435. The van der Waals surface area contributed by atoms with Crippen molar-refractivity contribution < 1.29 is 19.0 Å². The van der Waals surface area contributed by atoms with Crippen LogP contribution < -0.4 is 4.74 Å². The fourth-order valence-corrected chi connectivity index (χ4v) is 1.82. The van der Waals surface area contributed by atoms with Crippen LogP contribution in [0.4, 0.5) is 0 Å². The lowest BCUT2D eigenvalue weighted by Crippen LogP contribution is -2.17. The number of ether oxygens (including phenoxy) is 3. The molecule has 0 bridgehead atoms. The maximum atomic E-state index is 11.5.